The number of rotatable bonds is 3. The molecule has 0 unspecified atom stereocenters. The molecule has 0 saturated heterocycles. The van der Waals surface area contributed by atoms with Crippen LogP contribution in [0.1, 0.15) is 25.3 Å². The van der Waals surface area contributed by atoms with E-state index in [0.717, 1.165) is 10.0 Å². The molecule has 0 saturated carbocycles. The van der Waals surface area contributed by atoms with Crippen LogP contribution in [0.15, 0.2) is 35.1 Å². The molecule has 94 valence electrons. The van der Waals surface area contributed by atoms with Crippen LogP contribution < -0.4 is 4.74 Å². The second-order valence-corrected chi connectivity index (χ2v) is 5.37. The second kappa shape index (κ2) is 5.67. The quantitative estimate of drug-likeness (QED) is 0.759. The van der Waals surface area contributed by atoms with Gasteiger partial charge in [-0.3, -0.25) is 0 Å². The fourth-order valence-corrected chi connectivity index (χ4v) is 2.29. The maximum Gasteiger partial charge on any atom is 0.227 e. The summed E-state index contributed by atoms with van der Waals surface area (Å²) in [7, 11) is 0. The number of ether oxygens (including phenoxy) is 1. The summed E-state index contributed by atoms with van der Waals surface area (Å²) in [4.78, 5) is 8.14. The highest BCUT2D eigenvalue weighted by Crippen LogP contribution is 2.33. The van der Waals surface area contributed by atoms with E-state index in [9.17, 15) is 0 Å². The van der Waals surface area contributed by atoms with Crippen LogP contribution in [0.2, 0.25) is 5.15 Å². The van der Waals surface area contributed by atoms with Crippen LogP contribution in [0.4, 0.5) is 0 Å². The van der Waals surface area contributed by atoms with Gasteiger partial charge in [-0.1, -0.05) is 47.4 Å². The highest BCUT2D eigenvalue weighted by molar-refractivity contribution is 9.10. The number of halogens is 2. The molecule has 0 spiro atoms. The molecule has 0 aliphatic rings. The molecular formula is C13H12BrClN2O. The van der Waals surface area contributed by atoms with Gasteiger partial charge in [0.05, 0.1) is 5.56 Å². The molecular weight excluding hydrogens is 316 g/mol. The molecule has 1 heterocycles. The Kier molecular flexibility index (Phi) is 4.19. The summed E-state index contributed by atoms with van der Waals surface area (Å²) in [5.41, 5.74) is 0.819. The number of hydrogen-bond acceptors (Lipinski definition) is 3. The Morgan fingerprint density at radius 1 is 1.28 bits per heavy atom. The van der Waals surface area contributed by atoms with Crippen molar-refractivity contribution in [2.75, 3.05) is 0 Å². The molecule has 3 nitrogen and oxygen atoms in total. The third-order valence-electron chi connectivity index (χ3n) is 2.39. The van der Waals surface area contributed by atoms with E-state index in [2.05, 4.69) is 25.9 Å². The molecule has 5 heteroatoms. The maximum atomic E-state index is 6.08. The molecule has 18 heavy (non-hydrogen) atoms. The smallest absolute Gasteiger partial charge is 0.227 e. The molecule has 0 N–H and O–H groups in total. The first-order valence-corrected chi connectivity index (χ1v) is 6.69. The molecule has 0 bridgehead atoms. The average Bonchev–Trinajstić information content (AvgIpc) is 2.28. The molecule has 0 aliphatic carbocycles. The van der Waals surface area contributed by atoms with Gasteiger partial charge in [-0.15, -0.1) is 0 Å². The first-order valence-electron chi connectivity index (χ1n) is 5.51. The Balaban J connectivity index is 2.37. The monoisotopic (exact) mass is 326 g/mol. The van der Waals surface area contributed by atoms with Crippen molar-refractivity contribution in [2.45, 2.75) is 19.8 Å². The van der Waals surface area contributed by atoms with Crippen molar-refractivity contribution >= 4 is 27.5 Å². The molecule has 2 aromatic rings. The normalized spacial score (nSPS) is 10.7. The third kappa shape index (κ3) is 3.00. The highest BCUT2D eigenvalue weighted by Gasteiger charge is 2.15. The lowest BCUT2D eigenvalue weighted by Gasteiger charge is -2.13. The van der Waals surface area contributed by atoms with Crippen LogP contribution >= 0.6 is 27.5 Å². The lowest BCUT2D eigenvalue weighted by Crippen LogP contribution is -1.99. The minimum atomic E-state index is 0.195. The van der Waals surface area contributed by atoms with Crippen LogP contribution in [-0.4, -0.2) is 9.97 Å². The van der Waals surface area contributed by atoms with E-state index in [1.807, 2.05) is 38.1 Å². The van der Waals surface area contributed by atoms with Gasteiger partial charge in [0.25, 0.3) is 0 Å². The summed E-state index contributed by atoms with van der Waals surface area (Å²) in [5, 5.41) is 0.435. The van der Waals surface area contributed by atoms with Gasteiger partial charge in [0.2, 0.25) is 5.88 Å². The van der Waals surface area contributed by atoms with Crippen molar-refractivity contribution in [2.24, 2.45) is 0 Å². The first-order chi connectivity index (χ1) is 8.58. The standard InChI is InChI=1S/C13H12BrClN2O/c1-8(2)11-12(15)16-7-17-13(11)18-10-5-3-4-9(14)6-10/h3-8H,1-2H3. The lowest BCUT2D eigenvalue weighted by atomic mass is 10.1. The van der Waals surface area contributed by atoms with Crippen molar-refractivity contribution < 1.29 is 4.74 Å². The minimum Gasteiger partial charge on any atom is -0.439 e. The number of hydrogen-bond donors (Lipinski definition) is 0. The van der Waals surface area contributed by atoms with E-state index in [-0.39, 0.29) is 5.92 Å². The minimum absolute atomic E-state index is 0.195. The third-order valence-corrected chi connectivity index (χ3v) is 3.18. The Hall–Kier alpha value is -1.13. The zero-order valence-electron chi connectivity index (χ0n) is 10.0. The maximum absolute atomic E-state index is 6.08. The van der Waals surface area contributed by atoms with Crippen molar-refractivity contribution in [1.29, 1.82) is 0 Å². The summed E-state index contributed by atoms with van der Waals surface area (Å²) in [6.45, 7) is 4.05. The molecule has 0 atom stereocenters. The van der Waals surface area contributed by atoms with Crippen LogP contribution in [0.5, 0.6) is 11.6 Å². The molecule has 0 aliphatic heterocycles. The zero-order chi connectivity index (χ0) is 13.1. The largest absolute Gasteiger partial charge is 0.439 e. The van der Waals surface area contributed by atoms with Crippen molar-refractivity contribution in [3.8, 4) is 11.6 Å². The first kappa shape index (κ1) is 13.3. The van der Waals surface area contributed by atoms with Crippen LogP contribution in [0.3, 0.4) is 0 Å². The van der Waals surface area contributed by atoms with Crippen LogP contribution in [-0.2, 0) is 0 Å². The summed E-state index contributed by atoms with van der Waals surface area (Å²) >= 11 is 9.48. The molecule has 0 amide bonds. The van der Waals surface area contributed by atoms with E-state index in [1.165, 1.54) is 6.33 Å². The molecule has 1 aromatic heterocycles. The summed E-state index contributed by atoms with van der Waals surface area (Å²) < 4.78 is 6.72. The zero-order valence-corrected chi connectivity index (χ0v) is 12.4. The number of benzene rings is 1. The van der Waals surface area contributed by atoms with Crippen molar-refractivity contribution in [3.63, 3.8) is 0 Å². The van der Waals surface area contributed by atoms with E-state index in [4.69, 9.17) is 16.3 Å². The fraction of sp³-hybridized carbons (Fsp3) is 0.231. The molecule has 1 aromatic carbocycles. The highest BCUT2D eigenvalue weighted by atomic mass is 79.9. The fourth-order valence-electron chi connectivity index (χ4n) is 1.57. The molecule has 0 fully saturated rings. The van der Waals surface area contributed by atoms with Crippen molar-refractivity contribution in [1.82, 2.24) is 9.97 Å². The van der Waals surface area contributed by atoms with Gasteiger partial charge in [-0.25, -0.2) is 9.97 Å². The topological polar surface area (TPSA) is 35.0 Å². The Morgan fingerprint density at radius 2 is 2.06 bits per heavy atom. The summed E-state index contributed by atoms with van der Waals surface area (Å²) in [6, 6.07) is 7.57. The predicted molar refractivity (Wildman–Crippen MR) is 75.3 cm³/mol. The van der Waals surface area contributed by atoms with Crippen molar-refractivity contribution in [3.05, 3.63) is 45.8 Å². The average molecular weight is 328 g/mol. The number of aromatic nitrogens is 2. The molecule has 0 radical (unpaired) electrons. The van der Waals surface area contributed by atoms with Gasteiger partial charge in [0.1, 0.15) is 17.2 Å². The van der Waals surface area contributed by atoms with Crippen LogP contribution in [0, 0.1) is 0 Å². The Bertz CT molecular complexity index is 560. The van der Waals surface area contributed by atoms with E-state index < -0.39 is 0 Å². The SMILES string of the molecule is CC(C)c1c(Cl)ncnc1Oc1cccc(Br)c1. The summed E-state index contributed by atoms with van der Waals surface area (Å²) in [6.07, 6.45) is 1.40. The summed E-state index contributed by atoms with van der Waals surface area (Å²) in [5.74, 6) is 1.41. The second-order valence-electron chi connectivity index (χ2n) is 4.10. The van der Waals surface area contributed by atoms with E-state index in [0.29, 0.717) is 16.8 Å². The van der Waals surface area contributed by atoms with Gasteiger partial charge in [-0.2, -0.15) is 0 Å². The lowest BCUT2D eigenvalue weighted by molar-refractivity contribution is 0.451. The Labute approximate surface area is 119 Å². The Morgan fingerprint density at radius 3 is 2.72 bits per heavy atom. The molecule has 2 rings (SSSR count). The van der Waals surface area contributed by atoms with Gasteiger partial charge < -0.3 is 4.74 Å². The predicted octanol–water partition coefficient (Wildman–Crippen LogP) is 4.81. The van der Waals surface area contributed by atoms with Gasteiger partial charge in [-0.05, 0) is 24.1 Å². The van der Waals surface area contributed by atoms with Gasteiger partial charge >= 0.3 is 0 Å². The van der Waals surface area contributed by atoms with Crippen LogP contribution in [0.25, 0.3) is 0 Å². The number of nitrogens with zero attached hydrogens (tertiary/aromatic N) is 2. The van der Waals surface area contributed by atoms with Gasteiger partial charge in [0, 0.05) is 4.47 Å². The van der Waals surface area contributed by atoms with E-state index >= 15 is 0 Å². The van der Waals surface area contributed by atoms with Gasteiger partial charge in [0.15, 0.2) is 0 Å². The van der Waals surface area contributed by atoms with E-state index in [1.54, 1.807) is 0 Å².